The number of halogens is 1. The van der Waals surface area contributed by atoms with E-state index in [0.717, 1.165) is 11.3 Å². The van der Waals surface area contributed by atoms with Gasteiger partial charge in [0.05, 0.1) is 18.0 Å². The molecule has 1 N–H and O–H groups in total. The number of carbonyl (C=O) groups is 1. The number of thiophene rings is 1. The number of anilines is 1. The summed E-state index contributed by atoms with van der Waals surface area (Å²) in [5, 5.41) is 9.12. The van der Waals surface area contributed by atoms with Gasteiger partial charge in [0.1, 0.15) is 0 Å². The van der Waals surface area contributed by atoms with Gasteiger partial charge in [-0.25, -0.2) is 4.98 Å². The molecule has 2 aromatic rings. The van der Waals surface area contributed by atoms with E-state index >= 15 is 0 Å². The summed E-state index contributed by atoms with van der Waals surface area (Å²) in [6.45, 7) is 0. The molecule has 2 heterocycles. The van der Waals surface area contributed by atoms with Gasteiger partial charge in [0.25, 0.3) is 0 Å². The minimum atomic E-state index is -0.0473. The molecule has 1 amide bonds. The van der Waals surface area contributed by atoms with Crippen LogP contribution in [0.25, 0.3) is 0 Å². The second kappa shape index (κ2) is 5.43. The zero-order chi connectivity index (χ0) is 11.4. The van der Waals surface area contributed by atoms with E-state index in [1.165, 1.54) is 11.3 Å². The summed E-state index contributed by atoms with van der Waals surface area (Å²) >= 11 is 8.60. The molecule has 0 fully saturated rings. The maximum Gasteiger partial charge on any atom is 0.230 e. The Bertz CT molecular complexity index is 467. The second-order valence-electron chi connectivity index (χ2n) is 3.13. The van der Waals surface area contributed by atoms with Crippen molar-refractivity contribution >= 4 is 45.3 Å². The zero-order valence-electron chi connectivity index (χ0n) is 8.27. The van der Waals surface area contributed by atoms with E-state index in [-0.39, 0.29) is 5.91 Å². The monoisotopic (exact) mass is 272 g/mol. The Morgan fingerprint density at radius 1 is 1.50 bits per heavy atom. The van der Waals surface area contributed by atoms with Crippen LogP contribution in [0.5, 0.6) is 0 Å². The Morgan fingerprint density at radius 3 is 3.00 bits per heavy atom. The van der Waals surface area contributed by atoms with Crippen molar-refractivity contribution in [1.82, 2.24) is 4.98 Å². The molecule has 0 aliphatic rings. The molecule has 3 nitrogen and oxygen atoms in total. The molecule has 0 bridgehead atoms. The maximum absolute atomic E-state index is 11.6. The van der Waals surface area contributed by atoms with Gasteiger partial charge in [-0.2, -0.15) is 11.3 Å². The van der Waals surface area contributed by atoms with Crippen molar-refractivity contribution in [2.45, 2.75) is 12.3 Å². The fourth-order valence-corrected chi connectivity index (χ4v) is 2.79. The number of rotatable bonds is 4. The number of aromatic nitrogens is 1. The number of alkyl halides is 1. The molecular formula is C10H9ClN2OS2. The van der Waals surface area contributed by atoms with Crippen molar-refractivity contribution in [2.24, 2.45) is 0 Å². The summed E-state index contributed by atoms with van der Waals surface area (Å²) in [6, 6.07) is 1.94. The van der Waals surface area contributed by atoms with Crippen molar-refractivity contribution in [3.63, 3.8) is 0 Å². The molecule has 2 aromatic heterocycles. The predicted octanol–water partition coefficient (Wildman–Crippen LogP) is 3.12. The predicted molar refractivity (Wildman–Crippen MR) is 68.3 cm³/mol. The average Bonchev–Trinajstić information content (AvgIpc) is 2.89. The number of carbonyl (C=O) groups excluding carboxylic acids is 1. The molecule has 0 unspecified atom stereocenters. The summed E-state index contributed by atoms with van der Waals surface area (Å²) in [4.78, 5) is 15.8. The lowest BCUT2D eigenvalue weighted by Crippen LogP contribution is -2.13. The normalized spacial score (nSPS) is 10.3. The van der Waals surface area contributed by atoms with E-state index in [1.54, 1.807) is 11.3 Å². The van der Waals surface area contributed by atoms with Crippen LogP contribution < -0.4 is 5.32 Å². The summed E-state index contributed by atoms with van der Waals surface area (Å²) in [5.41, 5.74) is 1.81. The third-order valence-corrected chi connectivity index (χ3v) is 3.69. The van der Waals surface area contributed by atoms with Crippen LogP contribution in [0.3, 0.4) is 0 Å². The number of thiazole rings is 1. The van der Waals surface area contributed by atoms with Crippen molar-refractivity contribution in [3.05, 3.63) is 33.5 Å². The number of hydrogen-bond acceptors (Lipinski definition) is 4. The first-order chi connectivity index (χ1) is 7.78. The lowest BCUT2D eigenvalue weighted by Gasteiger charge is -1.99. The minimum absolute atomic E-state index is 0.0473. The van der Waals surface area contributed by atoms with Gasteiger partial charge >= 0.3 is 0 Å². The SMILES string of the molecule is O=C(Cc1ccsc1)Nc1nc(CCl)cs1. The largest absolute Gasteiger partial charge is 0.302 e. The summed E-state index contributed by atoms with van der Waals surface area (Å²) in [7, 11) is 0. The molecule has 0 radical (unpaired) electrons. The molecule has 6 heteroatoms. The van der Waals surface area contributed by atoms with E-state index < -0.39 is 0 Å². The van der Waals surface area contributed by atoms with Crippen LogP contribution in [0.2, 0.25) is 0 Å². The van der Waals surface area contributed by atoms with E-state index in [4.69, 9.17) is 11.6 Å². The minimum Gasteiger partial charge on any atom is -0.302 e. The number of nitrogens with one attached hydrogen (secondary N) is 1. The fraction of sp³-hybridized carbons (Fsp3) is 0.200. The average molecular weight is 273 g/mol. The Kier molecular flexibility index (Phi) is 3.93. The third-order valence-electron chi connectivity index (χ3n) is 1.88. The van der Waals surface area contributed by atoms with Crippen LogP contribution in [0.15, 0.2) is 22.2 Å². The Balaban J connectivity index is 1.92. The van der Waals surface area contributed by atoms with Crippen molar-refractivity contribution in [1.29, 1.82) is 0 Å². The molecule has 0 saturated carbocycles. The van der Waals surface area contributed by atoms with Crippen molar-refractivity contribution < 1.29 is 4.79 Å². The van der Waals surface area contributed by atoms with Crippen LogP contribution in [0.4, 0.5) is 5.13 Å². The quantitative estimate of drug-likeness (QED) is 0.869. The molecule has 0 saturated heterocycles. The smallest absolute Gasteiger partial charge is 0.230 e. The highest BCUT2D eigenvalue weighted by Gasteiger charge is 2.07. The van der Waals surface area contributed by atoms with Gasteiger partial charge < -0.3 is 5.32 Å². The lowest BCUT2D eigenvalue weighted by molar-refractivity contribution is -0.115. The molecule has 0 aliphatic heterocycles. The maximum atomic E-state index is 11.6. The lowest BCUT2D eigenvalue weighted by atomic mass is 10.2. The van der Waals surface area contributed by atoms with E-state index in [2.05, 4.69) is 10.3 Å². The molecular weight excluding hydrogens is 264 g/mol. The van der Waals surface area contributed by atoms with Gasteiger partial charge in [0.15, 0.2) is 5.13 Å². The standard InChI is InChI=1S/C10H9ClN2OS2/c11-4-8-6-16-10(12-8)13-9(14)3-7-1-2-15-5-7/h1-2,5-6H,3-4H2,(H,12,13,14). The highest BCUT2D eigenvalue weighted by atomic mass is 35.5. The Morgan fingerprint density at radius 2 is 2.38 bits per heavy atom. The number of amides is 1. The van der Waals surface area contributed by atoms with Crippen LogP contribution in [-0.4, -0.2) is 10.9 Å². The molecule has 0 spiro atoms. The van der Waals surface area contributed by atoms with Gasteiger partial charge in [-0.05, 0) is 22.4 Å². The van der Waals surface area contributed by atoms with E-state index in [0.29, 0.717) is 17.4 Å². The van der Waals surface area contributed by atoms with Gasteiger partial charge in [-0.1, -0.05) is 0 Å². The van der Waals surface area contributed by atoms with Gasteiger partial charge in [0, 0.05) is 5.38 Å². The first-order valence-corrected chi connectivity index (χ1v) is 6.95. The Hall–Kier alpha value is -0.910. The van der Waals surface area contributed by atoms with Crippen LogP contribution in [-0.2, 0) is 17.1 Å². The van der Waals surface area contributed by atoms with Gasteiger partial charge in [-0.15, -0.1) is 22.9 Å². The summed E-state index contributed by atoms with van der Waals surface area (Å²) in [6.07, 6.45) is 0.388. The molecule has 0 aliphatic carbocycles. The molecule has 84 valence electrons. The van der Waals surface area contributed by atoms with Gasteiger partial charge in [-0.3, -0.25) is 4.79 Å². The van der Waals surface area contributed by atoms with Gasteiger partial charge in [0.2, 0.25) is 5.91 Å². The highest BCUT2D eigenvalue weighted by molar-refractivity contribution is 7.14. The fourth-order valence-electron chi connectivity index (χ4n) is 1.17. The molecule has 2 rings (SSSR count). The first kappa shape index (κ1) is 11.6. The molecule has 16 heavy (non-hydrogen) atoms. The first-order valence-electron chi connectivity index (χ1n) is 4.59. The number of nitrogens with zero attached hydrogens (tertiary/aromatic N) is 1. The third kappa shape index (κ3) is 3.04. The zero-order valence-corrected chi connectivity index (χ0v) is 10.7. The van der Waals surface area contributed by atoms with E-state index in [9.17, 15) is 4.79 Å². The Labute approximate surface area is 106 Å². The highest BCUT2D eigenvalue weighted by Crippen LogP contribution is 2.17. The van der Waals surface area contributed by atoms with Crippen LogP contribution >= 0.6 is 34.3 Å². The van der Waals surface area contributed by atoms with E-state index in [1.807, 2.05) is 22.2 Å². The van der Waals surface area contributed by atoms with Crippen molar-refractivity contribution in [3.8, 4) is 0 Å². The molecule has 0 atom stereocenters. The number of hydrogen-bond donors (Lipinski definition) is 1. The van der Waals surface area contributed by atoms with Crippen LogP contribution in [0, 0.1) is 0 Å². The summed E-state index contributed by atoms with van der Waals surface area (Å²) < 4.78 is 0. The topological polar surface area (TPSA) is 42.0 Å². The second-order valence-corrected chi connectivity index (χ2v) is 5.04. The van der Waals surface area contributed by atoms with Crippen LogP contribution in [0.1, 0.15) is 11.3 Å². The summed E-state index contributed by atoms with van der Waals surface area (Å²) in [5.74, 6) is 0.325. The molecule has 0 aromatic carbocycles. The van der Waals surface area contributed by atoms with Crippen molar-refractivity contribution in [2.75, 3.05) is 5.32 Å².